The molecule has 19 heavy (non-hydrogen) atoms. The molecule has 0 aliphatic carbocycles. The molecule has 0 saturated carbocycles. The van der Waals surface area contributed by atoms with Crippen molar-refractivity contribution in [1.82, 2.24) is 10.3 Å². The van der Waals surface area contributed by atoms with E-state index in [4.69, 9.17) is 11.6 Å². The van der Waals surface area contributed by atoms with Crippen LogP contribution in [0.2, 0.25) is 0 Å². The second kappa shape index (κ2) is 6.68. The zero-order valence-corrected chi connectivity index (χ0v) is 12.2. The van der Waals surface area contributed by atoms with Gasteiger partial charge in [0.25, 0.3) is 0 Å². The van der Waals surface area contributed by atoms with Gasteiger partial charge in [-0.25, -0.2) is 4.98 Å². The number of carbonyl (C=O) groups excluding carboxylic acids is 1. The summed E-state index contributed by atoms with van der Waals surface area (Å²) in [5.41, 5.74) is 1.92. The minimum atomic E-state index is -0.0215. The fourth-order valence-electron chi connectivity index (χ4n) is 1.75. The first-order chi connectivity index (χ1) is 9.19. The first-order valence-corrected chi connectivity index (χ1v) is 7.44. The molecule has 0 spiro atoms. The van der Waals surface area contributed by atoms with Crippen LogP contribution in [0.4, 0.5) is 0 Å². The molecule has 100 valence electrons. The van der Waals surface area contributed by atoms with Crippen LogP contribution in [0.3, 0.4) is 0 Å². The molecule has 2 aromatic rings. The molecule has 1 N–H and O–H groups in total. The van der Waals surface area contributed by atoms with Gasteiger partial charge in [-0.15, -0.1) is 22.9 Å². The summed E-state index contributed by atoms with van der Waals surface area (Å²) in [7, 11) is 0. The number of aromatic nitrogens is 1. The first kappa shape index (κ1) is 14.0. The number of thiazole rings is 1. The number of nitrogens with zero attached hydrogens (tertiary/aromatic N) is 1. The highest BCUT2D eigenvalue weighted by Crippen LogP contribution is 2.14. The summed E-state index contributed by atoms with van der Waals surface area (Å²) in [4.78, 5) is 16.2. The van der Waals surface area contributed by atoms with E-state index < -0.39 is 0 Å². The fraction of sp³-hybridized carbons (Fsp3) is 0.286. The summed E-state index contributed by atoms with van der Waals surface area (Å²) >= 11 is 7.15. The van der Waals surface area contributed by atoms with E-state index in [1.807, 2.05) is 42.6 Å². The third kappa shape index (κ3) is 4.04. The predicted octanol–water partition coefficient (Wildman–Crippen LogP) is 3.30. The van der Waals surface area contributed by atoms with Gasteiger partial charge in [0.1, 0.15) is 5.01 Å². The van der Waals surface area contributed by atoms with Crippen LogP contribution in [-0.2, 0) is 17.1 Å². The summed E-state index contributed by atoms with van der Waals surface area (Å²) in [6.45, 7) is 1.97. The molecule has 0 aliphatic heterocycles. The lowest BCUT2D eigenvalue weighted by atomic mass is 10.1. The Bertz CT molecular complexity index is 541. The number of hydrogen-bond acceptors (Lipinski definition) is 3. The molecule has 1 heterocycles. The summed E-state index contributed by atoms with van der Waals surface area (Å²) in [6.07, 6.45) is 0.304. The minimum absolute atomic E-state index is 0.00107. The van der Waals surface area contributed by atoms with Crippen LogP contribution < -0.4 is 5.32 Å². The van der Waals surface area contributed by atoms with Crippen LogP contribution in [0.15, 0.2) is 35.7 Å². The third-order valence-electron chi connectivity index (χ3n) is 2.73. The summed E-state index contributed by atoms with van der Waals surface area (Å²) < 4.78 is 0. The molecule has 1 aromatic carbocycles. The molecule has 3 nitrogen and oxygen atoms in total. The van der Waals surface area contributed by atoms with Crippen molar-refractivity contribution >= 4 is 28.8 Å². The van der Waals surface area contributed by atoms with Crippen molar-refractivity contribution in [1.29, 1.82) is 0 Å². The van der Waals surface area contributed by atoms with Gasteiger partial charge in [-0.2, -0.15) is 0 Å². The summed E-state index contributed by atoms with van der Waals surface area (Å²) in [5, 5.41) is 5.65. The Morgan fingerprint density at radius 1 is 1.42 bits per heavy atom. The van der Waals surface area contributed by atoms with E-state index in [1.54, 1.807) is 0 Å². The van der Waals surface area contributed by atoms with Crippen molar-refractivity contribution in [3.8, 4) is 0 Å². The highest BCUT2D eigenvalue weighted by Gasteiger charge is 2.11. The lowest BCUT2D eigenvalue weighted by molar-refractivity contribution is -0.121. The van der Waals surface area contributed by atoms with Gasteiger partial charge in [0.05, 0.1) is 24.0 Å². The van der Waals surface area contributed by atoms with Crippen LogP contribution in [0.25, 0.3) is 0 Å². The van der Waals surface area contributed by atoms with Gasteiger partial charge in [-0.05, 0) is 12.5 Å². The Morgan fingerprint density at radius 2 is 2.16 bits per heavy atom. The minimum Gasteiger partial charge on any atom is -0.349 e. The van der Waals surface area contributed by atoms with Gasteiger partial charge in [-0.1, -0.05) is 30.3 Å². The first-order valence-electron chi connectivity index (χ1n) is 6.02. The van der Waals surface area contributed by atoms with Crippen molar-refractivity contribution in [2.24, 2.45) is 0 Å². The number of rotatable bonds is 5. The van der Waals surface area contributed by atoms with E-state index in [0.29, 0.717) is 12.3 Å². The van der Waals surface area contributed by atoms with E-state index in [0.717, 1.165) is 16.3 Å². The smallest absolute Gasteiger partial charge is 0.227 e. The molecule has 0 fully saturated rings. The second-order valence-corrected chi connectivity index (χ2v) is 5.45. The molecular weight excluding hydrogens is 280 g/mol. The Kier molecular flexibility index (Phi) is 4.93. The van der Waals surface area contributed by atoms with Gasteiger partial charge in [0.15, 0.2) is 0 Å². The van der Waals surface area contributed by atoms with Crippen LogP contribution in [0, 0.1) is 0 Å². The van der Waals surface area contributed by atoms with E-state index in [1.165, 1.54) is 11.3 Å². The van der Waals surface area contributed by atoms with Crippen molar-refractivity contribution in [3.63, 3.8) is 0 Å². The Morgan fingerprint density at radius 3 is 2.79 bits per heavy atom. The van der Waals surface area contributed by atoms with E-state index in [2.05, 4.69) is 10.3 Å². The molecular formula is C14H15ClN2OS. The van der Waals surface area contributed by atoms with Gasteiger partial charge in [0.2, 0.25) is 5.91 Å². The molecule has 1 unspecified atom stereocenters. The van der Waals surface area contributed by atoms with E-state index >= 15 is 0 Å². The summed E-state index contributed by atoms with van der Waals surface area (Å²) in [5.74, 6) is 0.366. The largest absolute Gasteiger partial charge is 0.349 e. The monoisotopic (exact) mass is 294 g/mol. The van der Waals surface area contributed by atoms with Gasteiger partial charge < -0.3 is 5.32 Å². The van der Waals surface area contributed by atoms with E-state index in [9.17, 15) is 4.79 Å². The molecule has 1 amide bonds. The molecule has 1 aromatic heterocycles. The van der Waals surface area contributed by atoms with Gasteiger partial charge in [-0.3, -0.25) is 4.79 Å². The Balaban J connectivity index is 1.91. The van der Waals surface area contributed by atoms with Crippen LogP contribution in [-0.4, -0.2) is 10.9 Å². The van der Waals surface area contributed by atoms with Crippen molar-refractivity contribution < 1.29 is 4.79 Å². The Labute approximate surface area is 121 Å². The number of alkyl halides is 1. The highest BCUT2D eigenvalue weighted by atomic mass is 35.5. The molecule has 0 bridgehead atoms. The maximum Gasteiger partial charge on any atom is 0.227 e. The van der Waals surface area contributed by atoms with Crippen molar-refractivity contribution in [3.05, 3.63) is 52.0 Å². The second-order valence-electron chi connectivity index (χ2n) is 4.24. The summed E-state index contributed by atoms with van der Waals surface area (Å²) in [6, 6.07) is 9.89. The number of benzene rings is 1. The third-order valence-corrected chi connectivity index (χ3v) is 3.90. The SMILES string of the molecule is CC(NC(=O)Cc1nc(CCl)cs1)c1ccccc1. The molecule has 0 radical (unpaired) electrons. The lowest BCUT2D eigenvalue weighted by Gasteiger charge is -2.13. The maximum absolute atomic E-state index is 11.9. The Hall–Kier alpha value is -1.39. The normalized spacial score (nSPS) is 12.1. The number of halogens is 1. The van der Waals surface area contributed by atoms with Crippen LogP contribution in [0.5, 0.6) is 0 Å². The lowest BCUT2D eigenvalue weighted by Crippen LogP contribution is -2.28. The standard InChI is InChI=1S/C14H15ClN2OS/c1-10(11-5-3-2-4-6-11)16-13(18)7-14-17-12(8-15)9-19-14/h2-6,9-10H,7-8H2,1H3,(H,16,18). The number of amides is 1. The topological polar surface area (TPSA) is 42.0 Å². The number of nitrogens with one attached hydrogen (secondary N) is 1. The van der Waals surface area contributed by atoms with Crippen molar-refractivity contribution in [2.75, 3.05) is 0 Å². The zero-order valence-electron chi connectivity index (χ0n) is 10.6. The van der Waals surface area contributed by atoms with Gasteiger partial charge in [0, 0.05) is 5.38 Å². The number of hydrogen-bond donors (Lipinski definition) is 1. The molecule has 1 atom stereocenters. The maximum atomic E-state index is 11.9. The molecule has 0 aliphatic rings. The highest BCUT2D eigenvalue weighted by molar-refractivity contribution is 7.09. The fourth-order valence-corrected chi connectivity index (χ4v) is 2.77. The van der Waals surface area contributed by atoms with Crippen molar-refractivity contribution in [2.45, 2.75) is 25.3 Å². The quantitative estimate of drug-likeness (QED) is 0.860. The molecule has 0 saturated heterocycles. The van der Waals surface area contributed by atoms with Crippen LogP contribution in [0.1, 0.15) is 29.2 Å². The average molecular weight is 295 g/mol. The van der Waals surface area contributed by atoms with E-state index in [-0.39, 0.29) is 11.9 Å². The van der Waals surface area contributed by atoms with Gasteiger partial charge >= 0.3 is 0 Å². The zero-order chi connectivity index (χ0) is 13.7. The molecule has 2 rings (SSSR count). The predicted molar refractivity (Wildman–Crippen MR) is 78.4 cm³/mol. The molecule has 5 heteroatoms. The van der Waals surface area contributed by atoms with Crippen LogP contribution >= 0.6 is 22.9 Å². The average Bonchev–Trinajstić information content (AvgIpc) is 2.87. The number of carbonyl (C=O) groups is 1.